The van der Waals surface area contributed by atoms with Crippen molar-refractivity contribution in [3.05, 3.63) is 76.3 Å². The van der Waals surface area contributed by atoms with Gasteiger partial charge in [-0.05, 0) is 83.8 Å². The number of fused-ring (bicyclic) bond motifs is 4. The first-order chi connectivity index (χ1) is 19.2. The van der Waals surface area contributed by atoms with Crippen LogP contribution in [0.15, 0.2) is 48.5 Å². The van der Waals surface area contributed by atoms with Crippen LogP contribution in [0.2, 0.25) is 0 Å². The highest BCUT2D eigenvalue weighted by atomic mass is 32.3. The largest absolute Gasteiger partial charge is 0.492 e. The molecule has 40 heavy (non-hydrogen) atoms. The van der Waals surface area contributed by atoms with E-state index in [4.69, 9.17) is 19.3 Å². The quantitative estimate of drug-likeness (QED) is 0.285. The molecular weight excluding hydrogens is 528 g/mol. The number of aliphatic carboxylic acids is 1. The van der Waals surface area contributed by atoms with E-state index in [9.17, 15) is 13.9 Å². The fraction of sp³-hybridized carbons (Fsp3) is 0.406. The maximum absolute atomic E-state index is 11.1. The Morgan fingerprint density at radius 2 is 1.80 bits per heavy atom. The standard InChI is InChI=1S/C32H36O7S/c1-20-13-27(39-25-9-11-40(35,36)12-10-25)15-23-4-2-3-22-6-5-21(14-29(22)32(20)23)18-37-26-7-8-28-24(16-31(33)34)19-38-30(28)17-26/h5-8,13-15,17,24-25,35-36H,2-4,9-12,16,18-19H2,1H3,(H,33,34)/t24-/m1/s1. The molecule has 0 aromatic heterocycles. The van der Waals surface area contributed by atoms with Gasteiger partial charge in [0, 0.05) is 41.9 Å². The van der Waals surface area contributed by atoms with Gasteiger partial charge in [0.05, 0.1) is 13.0 Å². The van der Waals surface area contributed by atoms with Crippen molar-refractivity contribution in [2.75, 3.05) is 18.1 Å². The van der Waals surface area contributed by atoms with E-state index in [-0.39, 0.29) is 18.4 Å². The molecule has 1 aliphatic carbocycles. The first-order valence-corrected chi connectivity index (χ1v) is 15.9. The van der Waals surface area contributed by atoms with Gasteiger partial charge in [-0.15, -0.1) is 0 Å². The number of carbonyl (C=O) groups is 1. The predicted octanol–water partition coefficient (Wildman–Crippen LogP) is 6.97. The molecule has 6 rings (SSSR count). The van der Waals surface area contributed by atoms with Crippen LogP contribution in [0, 0.1) is 6.92 Å². The first kappa shape index (κ1) is 27.0. The average Bonchev–Trinajstić information content (AvgIpc) is 3.20. The Kier molecular flexibility index (Phi) is 7.42. The summed E-state index contributed by atoms with van der Waals surface area (Å²) in [5.41, 5.74) is 8.34. The summed E-state index contributed by atoms with van der Waals surface area (Å²) in [5.74, 6) is 2.17. The normalized spacial score (nSPS) is 20.3. The van der Waals surface area contributed by atoms with Crippen LogP contribution >= 0.6 is 10.6 Å². The predicted molar refractivity (Wildman–Crippen MR) is 156 cm³/mol. The summed E-state index contributed by atoms with van der Waals surface area (Å²) in [6.45, 7) is 2.94. The lowest BCUT2D eigenvalue weighted by Gasteiger charge is -2.39. The van der Waals surface area contributed by atoms with Gasteiger partial charge in [0.15, 0.2) is 0 Å². The second-order valence-electron chi connectivity index (χ2n) is 11.2. The zero-order valence-corrected chi connectivity index (χ0v) is 23.5. The monoisotopic (exact) mass is 564 g/mol. The Labute approximate surface area is 236 Å². The molecule has 0 amide bonds. The van der Waals surface area contributed by atoms with Crippen molar-refractivity contribution in [1.29, 1.82) is 0 Å². The van der Waals surface area contributed by atoms with Crippen LogP contribution in [0.1, 0.15) is 59.4 Å². The zero-order chi connectivity index (χ0) is 27.9. The van der Waals surface area contributed by atoms with Gasteiger partial charge in [-0.1, -0.05) is 18.2 Å². The van der Waals surface area contributed by atoms with E-state index in [1.807, 2.05) is 18.2 Å². The van der Waals surface area contributed by atoms with Crippen molar-refractivity contribution < 1.29 is 33.2 Å². The highest BCUT2D eigenvalue weighted by Gasteiger charge is 2.28. The highest BCUT2D eigenvalue weighted by molar-refractivity contribution is 8.24. The Hall–Kier alpha value is -3.20. The third-order valence-corrected chi connectivity index (χ3v) is 10.0. The van der Waals surface area contributed by atoms with Gasteiger partial charge >= 0.3 is 5.97 Å². The van der Waals surface area contributed by atoms with Crippen LogP contribution in [0.5, 0.6) is 17.2 Å². The van der Waals surface area contributed by atoms with Crippen molar-refractivity contribution >= 4 is 16.6 Å². The lowest BCUT2D eigenvalue weighted by Crippen LogP contribution is -2.28. The van der Waals surface area contributed by atoms with E-state index in [1.54, 1.807) is 0 Å². The molecule has 0 bridgehead atoms. The van der Waals surface area contributed by atoms with Gasteiger partial charge in [0.2, 0.25) is 0 Å². The molecule has 0 unspecified atom stereocenters. The maximum Gasteiger partial charge on any atom is 0.304 e. The summed E-state index contributed by atoms with van der Waals surface area (Å²) >= 11 is 0. The van der Waals surface area contributed by atoms with Gasteiger partial charge < -0.3 is 19.3 Å². The number of benzene rings is 3. The van der Waals surface area contributed by atoms with Crippen molar-refractivity contribution in [2.45, 2.75) is 64.1 Å². The molecule has 0 saturated carbocycles. The van der Waals surface area contributed by atoms with E-state index in [0.717, 1.165) is 36.1 Å². The number of rotatable bonds is 7. The number of ether oxygens (including phenoxy) is 3. The Bertz CT molecular complexity index is 1420. The fourth-order valence-corrected chi connectivity index (χ4v) is 7.68. The third kappa shape index (κ3) is 5.80. The second-order valence-corrected chi connectivity index (χ2v) is 13.7. The highest BCUT2D eigenvalue weighted by Crippen LogP contribution is 2.45. The van der Waals surface area contributed by atoms with Crippen LogP contribution < -0.4 is 14.2 Å². The minimum Gasteiger partial charge on any atom is -0.492 e. The topological polar surface area (TPSA) is 105 Å². The van der Waals surface area contributed by atoms with Crippen molar-refractivity contribution in [1.82, 2.24) is 0 Å². The Morgan fingerprint density at radius 3 is 2.60 bits per heavy atom. The van der Waals surface area contributed by atoms with E-state index >= 15 is 0 Å². The molecule has 212 valence electrons. The number of aryl methyl sites for hydroxylation is 3. The number of carboxylic acid groups (broad SMARTS) is 1. The molecule has 1 atom stereocenters. The Morgan fingerprint density at radius 1 is 1.00 bits per heavy atom. The fourth-order valence-electron chi connectivity index (χ4n) is 6.20. The van der Waals surface area contributed by atoms with E-state index in [0.29, 0.717) is 49.1 Å². The molecule has 1 saturated heterocycles. The first-order valence-electron chi connectivity index (χ1n) is 14.0. The molecular formula is C32H36O7S. The lowest BCUT2D eigenvalue weighted by molar-refractivity contribution is -0.137. The molecule has 3 aliphatic rings. The molecule has 3 aromatic carbocycles. The molecule has 8 heteroatoms. The van der Waals surface area contributed by atoms with Gasteiger partial charge in [-0.2, -0.15) is 10.6 Å². The van der Waals surface area contributed by atoms with Crippen molar-refractivity contribution in [3.63, 3.8) is 0 Å². The minimum absolute atomic E-state index is 0.0202. The summed E-state index contributed by atoms with van der Waals surface area (Å²) in [6.07, 6.45) is 4.49. The van der Waals surface area contributed by atoms with Crippen molar-refractivity contribution in [2.24, 2.45) is 0 Å². The van der Waals surface area contributed by atoms with E-state index in [1.165, 1.54) is 27.8 Å². The van der Waals surface area contributed by atoms with Crippen LogP contribution in [0.4, 0.5) is 0 Å². The molecule has 7 nitrogen and oxygen atoms in total. The summed E-state index contributed by atoms with van der Waals surface area (Å²) < 4.78 is 38.1. The van der Waals surface area contributed by atoms with Gasteiger partial charge in [-0.3, -0.25) is 13.9 Å². The molecule has 2 heterocycles. The van der Waals surface area contributed by atoms with Gasteiger partial charge in [0.25, 0.3) is 0 Å². The molecule has 0 radical (unpaired) electrons. The molecule has 1 fully saturated rings. The molecule has 0 spiro atoms. The summed E-state index contributed by atoms with van der Waals surface area (Å²) in [7, 11) is -2.42. The molecule has 2 aliphatic heterocycles. The molecule has 3 N–H and O–H groups in total. The van der Waals surface area contributed by atoms with E-state index < -0.39 is 16.6 Å². The SMILES string of the molecule is Cc1cc(OC2CCS(O)(O)CC2)cc2c1-c1cc(COc3ccc4c(c3)OC[C@H]4CC(=O)O)ccc1CCC2. The summed E-state index contributed by atoms with van der Waals surface area (Å²) in [6, 6.07) is 16.6. The van der Waals surface area contributed by atoms with Gasteiger partial charge in [0.1, 0.15) is 30.0 Å². The summed E-state index contributed by atoms with van der Waals surface area (Å²) in [5, 5.41) is 9.14. The third-order valence-electron chi connectivity index (χ3n) is 8.25. The average molecular weight is 565 g/mol. The Balaban J connectivity index is 1.19. The van der Waals surface area contributed by atoms with Crippen molar-refractivity contribution in [3.8, 4) is 28.4 Å². The van der Waals surface area contributed by atoms with Crippen LogP contribution in [0.25, 0.3) is 11.1 Å². The van der Waals surface area contributed by atoms with Crippen LogP contribution in [-0.4, -0.2) is 44.4 Å². The maximum atomic E-state index is 11.1. The minimum atomic E-state index is -2.42. The van der Waals surface area contributed by atoms with Gasteiger partial charge in [-0.25, -0.2) is 0 Å². The number of carboxylic acids is 1. The van der Waals surface area contributed by atoms with Crippen LogP contribution in [0.3, 0.4) is 0 Å². The summed E-state index contributed by atoms with van der Waals surface area (Å²) in [4.78, 5) is 11.1. The smallest absolute Gasteiger partial charge is 0.304 e. The van der Waals surface area contributed by atoms with Crippen LogP contribution in [-0.2, 0) is 24.2 Å². The number of hydrogen-bond acceptors (Lipinski definition) is 6. The van der Waals surface area contributed by atoms with E-state index in [2.05, 4.69) is 37.3 Å². The molecule has 3 aromatic rings. The number of hydrogen-bond donors (Lipinski definition) is 3. The second kappa shape index (κ2) is 11.0. The lowest BCUT2D eigenvalue weighted by atomic mass is 9.91. The zero-order valence-electron chi connectivity index (χ0n) is 22.7.